The maximum Gasteiger partial charge on any atom is 0.0217 e. The van der Waals surface area contributed by atoms with Gasteiger partial charge in [-0.3, -0.25) is 0 Å². The average Bonchev–Trinajstić information content (AvgIpc) is 2.29. The summed E-state index contributed by atoms with van der Waals surface area (Å²) in [5.41, 5.74) is 5.63. The van der Waals surface area contributed by atoms with E-state index in [0.29, 0.717) is 5.92 Å². The predicted molar refractivity (Wildman–Crippen MR) is 70.6 cm³/mol. The zero-order chi connectivity index (χ0) is 12.0. The summed E-state index contributed by atoms with van der Waals surface area (Å²) >= 11 is 0. The normalized spacial score (nSPS) is 24.9. The molecule has 0 aromatic rings. The smallest absolute Gasteiger partial charge is 0.0217 e. The van der Waals surface area contributed by atoms with Crippen LogP contribution in [0, 0.1) is 5.92 Å². The minimum atomic E-state index is 0.689. The first kappa shape index (κ1) is 13.9. The van der Waals surface area contributed by atoms with Gasteiger partial charge in [-0.2, -0.15) is 0 Å². The van der Waals surface area contributed by atoms with Crippen molar-refractivity contribution in [3.63, 3.8) is 0 Å². The van der Waals surface area contributed by atoms with E-state index in [9.17, 15) is 0 Å². The summed E-state index contributed by atoms with van der Waals surface area (Å²) < 4.78 is 0. The van der Waals surface area contributed by atoms with Crippen molar-refractivity contribution in [2.75, 3.05) is 40.3 Å². The van der Waals surface area contributed by atoms with E-state index in [1.165, 1.54) is 45.3 Å². The molecule has 0 aliphatic carbocycles. The topological polar surface area (TPSA) is 32.5 Å². The molecule has 1 rings (SSSR count). The first-order chi connectivity index (χ1) is 7.63. The van der Waals surface area contributed by atoms with E-state index in [1.54, 1.807) is 0 Å². The maximum absolute atomic E-state index is 5.63. The summed E-state index contributed by atoms with van der Waals surface area (Å²) in [6, 6.07) is 0.765. The largest absolute Gasteiger partial charge is 0.330 e. The molecule has 1 saturated heterocycles. The molecule has 1 aliphatic rings. The number of hydrogen-bond donors (Lipinski definition) is 1. The Bertz CT molecular complexity index is 182. The fourth-order valence-electron chi connectivity index (χ4n) is 2.44. The number of hydrogen-bond acceptors (Lipinski definition) is 3. The molecule has 16 heavy (non-hydrogen) atoms. The molecule has 2 unspecified atom stereocenters. The van der Waals surface area contributed by atoms with Crippen LogP contribution in [0.2, 0.25) is 0 Å². The van der Waals surface area contributed by atoms with Crippen molar-refractivity contribution < 1.29 is 0 Å². The molecule has 2 atom stereocenters. The Morgan fingerprint density at radius 3 is 2.81 bits per heavy atom. The molecule has 0 amide bonds. The first-order valence-corrected chi connectivity index (χ1v) is 6.72. The van der Waals surface area contributed by atoms with Crippen LogP contribution in [0.1, 0.15) is 32.6 Å². The number of nitrogens with two attached hydrogens (primary N) is 1. The number of likely N-dealkylation sites (N-methyl/N-ethyl adjacent to an activating group) is 1. The summed E-state index contributed by atoms with van der Waals surface area (Å²) in [7, 11) is 4.40. The molecule has 96 valence electrons. The van der Waals surface area contributed by atoms with Crippen molar-refractivity contribution in [2.45, 2.75) is 38.6 Å². The molecule has 1 heterocycles. The second kappa shape index (κ2) is 7.25. The Hall–Kier alpha value is -0.120. The van der Waals surface area contributed by atoms with Gasteiger partial charge in [-0.25, -0.2) is 0 Å². The van der Waals surface area contributed by atoms with E-state index >= 15 is 0 Å². The highest BCUT2D eigenvalue weighted by atomic mass is 15.2. The minimum absolute atomic E-state index is 0.689. The van der Waals surface area contributed by atoms with Gasteiger partial charge in [-0.15, -0.1) is 0 Å². The number of rotatable bonds is 6. The van der Waals surface area contributed by atoms with Gasteiger partial charge in [0.05, 0.1) is 0 Å². The van der Waals surface area contributed by atoms with Crippen molar-refractivity contribution in [2.24, 2.45) is 11.7 Å². The fourth-order valence-corrected chi connectivity index (χ4v) is 2.44. The van der Waals surface area contributed by atoms with E-state index in [0.717, 1.165) is 12.6 Å². The highest BCUT2D eigenvalue weighted by Gasteiger charge is 2.20. The van der Waals surface area contributed by atoms with Crippen LogP contribution in [-0.2, 0) is 0 Å². The van der Waals surface area contributed by atoms with E-state index in [1.807, 2.05) is 0 Å². The van der Waals surface area contributed by atoms with Crippen LogP contribution in [-0.4, -0.2) is 56.1 Å². The van der Waals surface area contributed by atoms with Gasteiger partial charge < -0.3 is 15.5 Å². The third kappa shape index (κ3) is 4.81. The average molecular weight is 227 g/mol. The summed E-state index contributed by atoms with van der Waals surface area (Å²) in [5.74, 6) is 0.689. The van der Waals surface area contributed by atoms with Gasteiger partial charge in [0, 0.05) is 12.6 Å². The van der Waals surface area contributed by atoms with E-state index in [2.05, 4.69) is 30.8 Å². The summed E-state index contributed by atoms with van der Waals surface area (Å²) in [4.78, 5) is 4.99. The van der Waals surface area contributed by atoms with Crippen molar-refractivity contribution in [3.05, 3.63) is 0 Å². The van der Waals surface area contributed by atoms with Crippen LogP contribution in [0.5, 0.6) is 0 Å². The molecule has 0 radical (unpaired) electrons. The fraction of sp³-hybridized carbons (Fsp3) is 1.00. The molecule has 0 saturated carbocycles. The predicted octanol–water partition coefficient (Wildman–Crippen LogP) is 1.39. The second-order valence-electron chi connectivity index (χ2n) is 5.54. The van der Waals surface area contributed by atoms with Crippen molar-refractivity contribution in [1.29, 1.82) is 0 Å². The maximum atomic E-state index is 5.63. The molecule has 3 nitrogen and oxygen atoms in total. The molecule has 0 bridgehead atoms. The van der Waals surface area contributed by atoms with Crippen LogP contribution in [0.15, 0.2) is 0 Å². The SMILES string of the molecule is CC(CN)CCCN1CCCC(N(C)C)C1. The van der Waals surface area contributed by atoms with Gasteiger partial charge in [-0.05, 0) is 65.3 Å². The zero-order valence-corrected chi connectivity index (χ0v) is 11.3. The molecule has 0 aromatic carbocycles. The van der Waals surface area contributed by atoms with Crippen molar-refractivity contribution in [3.8, 4) is 0 Å². The van der Waals surface area contributed by atoms with Crippen LogP contribution in [0.25, 0.3) is 0 Å². The standard InChI is InChI=1S/C13H29N3/c1-12(10-14)6-4-8-16-9-5-7-13(11-16)15(2)3/h12-13H,4-11,14H2,1-3H3. The summed E-state index contributed by atoms with van der Waals surface area (Å²) in [5, 5.41) is 0. The van der Waals surface area contributed by atoms with Crippen LogP contribution in [0.3, 0.4) is 0 Å². The monoisotopic (exact) mass is 227 g/mol. The zero-order valence-electron chi connectivity index (χ0n) is 11.3. The molecule has 0 spiro atoms. The highest BCUT2D eigenvalue weighted by Crippen LogP contribution is 2.15. The van der Waals surface area contributed by atoms with E-state index in [-0.39, 0.29) is 0 Å². The van der Waals surface area contributed by atoms with Gasteiger partial charge in [-0.1, -0.05) is 6.92 Å². The molecule has 1 fully saturated rings. The van der Waals surface area contributed by atoms with E-state index < -0.39 is 0 Å². The van der Waals surface area contributed by atoms with Gasteiger partial charge in [0.25, 0.3) is 0 Å². The van der Waals surface area contributed by atoms with Gasteiger partial charge >= 0.3 is 0 Å². The second-order valence-corrected chi connectivity index (χ2v) is 5.54. The lowest BCUT2D eigenvalue weighted by molar-refractivity contribution is 0.130. The number of nitrogens with zero attached hydrogens (tertiary/aromatic N) is 2. The van der Waals surface area contributed by atoms with Crippen LogP contribution >= 0.6 is 0 Å². The van der Waals surface area contributed by atoms with Crippen LogP contribution < -0.4 is 5.73 Å². The summed E-state index contributed by atoms with van der Waals surface area (Å²) in [6.45, 7) is 6.89. The molecular formula is C13H29N3. The van der Waals surface area contributed by atoms with Crippen molar-refractivity contribution in [1.82, 2.24) is 9.80 Å². The van der Waals surface area contributed by atoms with Gasteiger partial charge in [0.1, 0.15) is 0 Å². The lowest BCUT2D eigenvalue weighted by Crippen LogP contribution is -2.45. The van der Waals surface area contributed by atoms with Gasteiger partial charge in [0.15, 0.2) is 0 Å². The quantitative estimate of drug-likeness (QED) is 0.744. The van der Waals surface area contributed by atoms with Crippen molar-refractivity contribution >= 4 is 0 Å². The van der Waals surface area contributed by atoms with E-state index in [4.69, 9.17) is 5.73 Å². The Labute approximate surface area is 101 Å². The summed E-state index contributed by atoms with van der Waals surface area (Å²) in [6.07, 6.45) is 5.30. The molecular weight excluding hydrogens is 198 g/mol. The van der Waals surface area contributed by atoms with Crippen LogP contribution in [0.4, 0.5) is 0 Å². The number of likely N-dealkylation sites (tertiary alicyclic amines) is 1. The lowest BCUT2D eigenvalue weighted by Gasteiger charge is -2.36. The molecule has 1 aliphatic heterocycles. The molecule has 2 N–H and O–H groups in total. The highest BCUT2D eigenvalue weighted by molar-refractivity contribution is 4.77. The Kier molecular flexibility index (Phi) is 6.32. The molecule has 0 aromatic heterocycles. The first-order valence-electron chi connectivity index (χ1n) is 6.72. The Balaban J connectivity index is 2.17. The molecule has 3 heteroatoms. The number of piperidine rings is 1. The minimum Gasteiger partial charge on any atom is -0.330 e. The lowest BCUT2D eigenvalue weighted by atomic mass is 10.0. The Morgan fingerprint density at radius 2 is 2.19 bits per heavy atom. The third-order valence-electron chi connectivity index (χ3n) is 3.78. The third-order valence-corrected chi connectivity index (χ3v) is 3.78. The van der Waals surface area contributed by atoms with Gasteiger partial charge in [0.2, 0.25) is 0 Å². The Morgan fingerprint density at radius 1 is 1.44 bits per heavy atom.